The van der Waals surface area contributed by atoms with E-state index in [0.29, 0.717) is 25.9 Å². The van der Waals surface area contributed by atoms with E-state index in [0.717, 1.165) is 12.1 Å². The SMILES string of the molecule is NS(=O)(=O)CCCCCOc1ccc(F)c(F)c1. The first-order valence-corrected chi connectivity index (χ1v) is 7.18. The Bertz CT molecular complexity index is 491. The first-order valence-electron chi connectivity index (χ1n) is 5.47. The topological polar surface area (TPSA) is 69.4 Å². The maximum absolute atomic E-state index is 12.8. The van der Waals surface area contributed by atoms with Crippen molar-refractivity contribution in [2.45, 2.75) is 19.3 Å². The number of benzene rings is 1. The lowest BCUT2D eigenvalue weighted by Crippen LogP contribution is -2.16. The van der Waals surface area contributed by atoms with Crippen LogP contribution in [0.1, 0.15) is 19.3 Å². The molecule has 102 valence electrons. The first-order chi connectivity index (χ1) is 8.38. The molecule has 0 atom stereocenters. The maximum Gasteiger partial charge on any atom is 0.209 e. The highest BCUT2D eigenvalue weighted by molar-refractivity contribution is 7.89. The molecular formula is C11H15F2NO3S. The number of hydrogen-bond donors (Lipinski definition) is 1. The van der Waals surface area contributed by atoms with Gasteiger partial charge in [-0.3, -0.25) is 0 Å². The van der Waals surface area contributed by atoms with Crippen molar-refractivity contribution >= 4 is 10.0 Å². The molecule has 0 aliphatic carbocycles. The number of primary sulfonamides is 1. The van der Waals surface area contributed by atoms with E-state index in [1.807, 2.05) is 0 Å². The predicted molar refractivity (Wildman–Crippen MR) is 63.7 cm³/mol. The second kappa shape index (κ2) is 6.65. The summed E-state index contributed by atoms with van der Waals surface area (Å²) in [6.07, 6.45) is 1.72. The Morgan fingerprint density at radius 1 is 1.11 bits per heavy atom. The molecule has 0 aliphatic heterocycles. The van der Waals surface area contributed by atoms with Gasteiger partial charge < -0.3 is 4.74 Å². The zero-order chi connectivity index (χ0) is 13.6. The molecule has 0 spiro atoms. The second-order valence-corrected chi connectivity index (χ2v) is 5.59. The van der Waals surface area contributed by atoms with Crippen LogP contribution in [0.15, 0.2) is 18.2 Å². The van der Waals surface area contributed by atoms with Crippen LogP contribution in [0.4, 0.5) is 8.78 Å². The van der Waals surface area contributed by atoms with Crippen molar-refractivity contribution in [3.05, 3.63) is 29.8 Å². The van der Waals surface area contributed by atoms with E-state index in [2.05, 4.69) is 0 Å². The molecule has 0 saturated carbocycles. The van der Waals surface area contributed by atoms with Crippen molar-refractivity contribution in [3.63, 3.8) is 0 Å². The van der Waals surface area contributed by atoms with Crippen molar-refractivity contribution in [2.24, 2.45) is 5.14 Å². The van der Waals surface area contributed by atoms with Gasteiger partial charge in [0.15, 0.2) is 11.6 Å². The highest BCUT2D eigenvalue weighted by Gasteiger charge is 2.04. The van der Waals surface area contributed by atoms with Gasteiger partial charge in [0.1, 0.15) is 5.75 Å². The largest absolute Gasteiger partial charge is 0.493 e. The first kappa shape index (κ1) is 14.8. The Balaban J connectivity index is 2.20. The molecule has 1 aromatic rings. The zero-order valence-corrected chi connectivity index (χ0v) is 10.6. The number of unbranched alkanes of at least 4 members (excludes halogenated alkanes) is 2. The van der Waals surface area contributed by atoms with Gasteiger partial charge >= 0.3 is 0 Å². The number of sulfonamides is 1. The van der Waals surface area contributed by atoms with Crippen LogP contribution in [0, 0.1) is 11.6 Å². The Morgan fingerprint density at radius 2 is 1.83 bits per heavy atom. The van der Waals surface area contributed by atoms with Crippen LogP contribution in [-0.2, 0) is 10.0 Å². The number of nitrogens with two attached hydrogens (primary N) is 1. The molecule has 7 heteroatoms. The van der Waals surface area contributed by atoms with Gasteiger partial charge in [-0.25, -0.2) is 22.3 Å². The van der Waals surface area contributed by atoms with Gasteiger partial charge in [-0.2, -0.15) is 0 Å². The van der Waals surface area contributed by atoms with Crippen LogP contribution in [-0.4, -0.2) is 20.8 Å². The van der Waals surface area contributed by atoms with E-state index in [1.165, 1.54) is 6.07 Å². The van der Waals surface area contributed by atoms with Crippen molar-refractivity contribution < 1.29 is 21.9 Å². The quantitative estimate of drug-likeness (QED) is 0.774. The molecule has 0 aliphatic rings. The van der Waals surface area contributed by atoms with Gasteiger partial charge in [-0.1, -0.05) is 0 Å². The summed E-state index contributed by atoms with van der Waals surface area (Å²) < 4.78 is 51.8. The minimum Gasteiger partial charge on any atom is -0.493 e. The molecule has 0 heterocycles. The van der Waals surface area contributed by atoms with E-state index in [4.69, 9.17) is 9.88 Å². The molecule has 0 bridgehead atoms. The molecule has 0 radical (unpaired) electrons. The lowest BCUT2D eigenvalue weighted by Gasteiger charge is -2.06. The standard InChI is InChI=1S/C11H15F2NO3S/c12-10-5-4-9(8-11(10)13)17-6-2-1-3-7-18(14,15)16/h4-5,8H,1-3,6-7H2,(H2,14,15,16). The molecule has 0 saturated heterocycles. The van der Waals surface area contributed by atoms with E-state index >= 15 is 0 Å². The molecule has 1 rings (SSSR count). The molecule has 0 aromatic heterocycles. The number of hydrogen-bond acceptors (Lipinski definition) is 3. The van der Waals surface area contributed by atoms with Crippen LogP contribution in [0.5, 0.6) is 5.75 Å². The Hall–Kier alpha value is -1.21. The molecule has 0 amide bonds. The van der Waals surface area contributed by atoms with Gasteiger partial charge in [-0.15, -0.1) is 0 Å². The summed E-state index contributed by atoms with van der Waals surface area (Å²) in [6, 6.07) is 3.30. The van der Waals surface area contributed by atoms with Gasteiger partial charge in [0.25, 0.3) is 0 Å². The molecule has 4 nitrogen and oxygen atoms in total. The number of halogens is 2. The average Bonchev–Trinajstić information content (AvgIpc) is 2.26. The third-order valence-electron chi connectivity index (χ3n) is 2.23. The summed E-state index contributed by atoms with van der Waals surface area (Å²) in [5.41, 5.74) is 0. The van der Waals surface area contributed by atoms with Gasteiger partial charge in [0.05, 0.1) is 12.4 Å². The summed E-state index contributed by atoms with van der Waals surface area (Å²) in [6.45, 7) is 0.315. The minimum atomic E-state index is -3.41. The average molecular weight is 279 g/mol. The predicted octanol–water partition coefficient (Wildman–Crippen LogP) is 1.80. The Labute approximate surface area is 105 Å². The third kappa shape index (κ3) is 5.92. The summed E-state index contributed by atoms with van der Waals surface area (Å²) in [4.78, 5) is 0. The van der Waals surface area contributed by atoms with Crippen molar-refractivity contribution in [1.82, 2.24) is 0 Å². The fourth-order valence-electron chi connectivity index (χ4n) is 1.34. The van der Waals surface area contributed by atoms with Gasteiger partial charge in [-0.05, 0) is 31.4 Å². The highest BCUT2D eigenvalue weighted by Crippen LogP contribution is 2.15. The number of ether oxygens (including phenoxy) is 1. The third-order valence-corrected chi connectivity index (χ3v) is 3.09. The monoisotopic (exact) mass is 279 g/mol. The molecule has 0 fully saturated rings. The van der Waals surface area contributed by atoms with E-state index in [9.17, 15) is 17.2 Å². The van der Waals surface area contributed by atoms with Gasteiger partial charge in [0, 0.05) is 6.07 Å². The molecular weight excluding hydrogens is 264 g/mol. The molecule has 0 unspecified atom stereocenters. The van der Waals surface area contributed by atoms with Crippen molar-refractivity contribution in [1.29, 1.82) is 0 Å². The summed E-state index contributed by atoms with van der Waals surface area (Å²) >= 11 is 0. The van der Waals surface area contributed by atoms with Crippen LogP contribution < -0.4 is 9.88 Å². The smallest absolute Gasteiger partial charge is 0.209 e. The van der Waals surface area contributed by atoms with Crippen LogP contribution in [0.2, 0.25) is 0 Å². The van der Waals surface area contributed by atoms with Crippen molar-refractivity contribution in [2.75, 3.05) is 12.4 Å². The van der Waals surface area contributed by atoms with E-state index in [-0.39, 0.29) is 11.5 Å². The summed E-state index contributed by atoms with van der Waals surface area (Å²) in [5, 5.41) is 4.84. The van der Waals surface area contributed by atoms with Crippen LogP contribution in [0.25, 0.3) is 0 Å². The lowest BCUT2D eigenvalue weighted by molar-refractivity contribution is 0.303. The van der Waals surface area contributed by atoms with E-state index < -0.39 is 21.7 Å². The van der Waals surface area contributed by atoms with Crippen molar-refractivity contribution in [3.8, 4) is 5.75 Å². The lowest BCUT2D eigenvalue weighted by atomic mass is 10.2. The zero-order valence-electron chi connectivity index (χ0n) is 9.73. The minimum absolute atomic E-state index is 0.0574. The normalized spacial score (nSPS) is 11.5. The van der Waals surface area contributed by atoms with Crippen LogP contribution >= 0.6 is 0 Å². The maximum atomic E-state index is 12.8. The highest BCUT2D eigenvalue weighted by atomic mass is 32.2. The second-order valence-electron chi connectivity index (χ2n) is 3.85. The Morgan fingerprint density at radius 3 is 2.44 bits per heavy atom. The molecule has 18 heavy (non-hydrogen) atoms. The molecule has 1 aromatic carbocycles. The van der Waals surface area contributed by atoms with E-state index in [1.54, 1.807) is 0 Å². The van der Waals surface area contributed by atoms with Crippen LogP contribution in [0.3, 0.4) is 0 Å². The summed E-state index contributed by atoms with van der Waals surface area (Å²) in [5.74, 6) is -1.68. The summed E-state index contributed by atoms with van der Waals surface area (Å²) in [7, 11) is -3.41. The Kier molecular flexibility index (Phi) is 5.49. The van der Waals surface area contributed by atoms with Gasteiger partial charge in [0.2, 0.25) is 10.0 Å². The fourth-order valence-corrected chi connectivity index (χ4v) is 1.95. The number of rotatable bonds is 7. The molecule has 2 N–H and O–H groups in total. The fraction of sp³-hybridized carbons (Fsp3) is 0.455.